The Kier molecular flexibility index (Phi) is 7.02. The van der Waals surface area contributed by atoms with Crippen LogP contribution in [0.15, 0.2) is 24.8 Å². The predicted molar refractivity (Wildman–Crippen MR) is 88.5 cm³/mol. The van der Waals surface area contributed by atoms with Gasteiger partial charge in [0.1, 0.15) is 0 Å². The summed E-state index contributed by atoms with van der Waals surface area (Å²) >= 11 is 0. The molecule has 0 bridgehead atoms. The van der Waals surface area contributed by atoms with Crippen LogP contribution in [-0.4, -0.2) is 42.8 Å². The number of hydrogen-bond donors (Lipinski definition) is 2. The van der Waals surface area contributed by atoms with Crippen molar-refractivity contribution in [3.63, 3.8) is 0 Å². The first-order valence-electron chi connectivity index (χ1n) is 7.09. The molecular formula is C16H25ClN2O2. The molecule has 2 N–H and O–H groups in total. The molecule has 1 saturated heterocycles. The zero-order chi connectivity index (χ0) is 14.5. The first kappa shape index (κ1) is 17.8. The third kappa shape index (κ3) is 4.63. The van der Waals surface area contributed by atoms with Gasteiger partial charge in [-0.25, -0.2) is 0 Å². The quantitative estimate of drug-likeness (QED) is 0.819. The van der Waals surface area contributed by atoms with E-state index >= 15 is 0 Å². The zero-order valence-electron chi connectivity index (χ0n) is 12.8. The summed E-state index contributed by atoms with van der Waals surface area (Å²) in [6.07, 6.45) is 2.44. The highest BCUT2D eigenvalue weighted by Gasteiger charge is 2.17. The molecule has 1 aliphatic heterocycles. The molecule has 1 aromatic carbocycles. The van der Waals surface area contributed by atoms with Gasteiger partial charge in [0.05, 0.1) is 7.11 Å². The Labute approximate surface area is 133 Å². The molecule has 21 heavy (non-hydrogen) atoms. The van der Waals surface area contributed by atoms with Crippen LogP contribution in [0.25, 0.3) is 0 Å². The van der Waals surface area contributed by atoms with Crippen molar-refractivity contribution < 1.29 is 9.84 Å². The normalized spacial score (nSPS) is 18.9. The molecule has 1 heterocycles. The van der Waals surface area contributed by atoms with Crippen molar-refractivity contribution in [3.8, 4) is 11.5 Å². The number of aromatic hydroxyl groups is 1. The van der Waals surface area contributed by atoms with Crippen molar-refractivity contribution in [2.24, 2.45) is 0 Å². The lowest BCUT2D eigenvalue weighted by molar-refractivity contribution is 0.199. The van der Waals surface area contributed by atoms with Gasteiger partial charge in [-0.3, -0.25) is 4.90 Å². The molecule has 1 fully saturated rings. The van der Waals surface area contributed by atoms with Gasteiger partial charge in [0.25, 0.3) is 0 Å². The third-order valence-corrected chi connectivity index (χ3v) is 3.66. The molecular weight excluding hydrogens is 288 g/mol. The number of nitrogens with one attached hydrogen (secondary N) is 1. The number of halogens is 1. The SMILES string of the molecule is C=CCc1cc(CN2CCN[C@H](C)C2)cc(OC)c1O.Cl. The molecule has 2 rings (SSSR count). The maximum Gasteiger partial charge on any atom is 0.161 e. The van der Waals surface area contributed by atoms with Gasteiger partial charge in [-0.1, -0.05) is 12.1 Å². The molecule has 0 spiro atoms. The lowest BCUT2D eigenvalue weighted by Gasteiger charge is -2.32. The standard InChI is InChI=1S/C16H24N2O2.ClH/c1-4-5-14-8-13(9-15(20-3)16(14)19)11-18-7-6-17-12(2)10-18;/h4,8-9,12,17,19H,1,5-7,10-11H2,2-3H3;1H/t12-;/m1./s1. The van der Waals surface area contributed by atoms with E-state index < -0.39 is 0 Å². The monoisotopic (exact) mass is 312 g/mol. The topological polar surface area (TPSA) is 44.7 Å². The Hall–Kier alpha value is -1.23. The lowest BCUT2D eigenvalue weighted by Crippen LogP contribution is -2.48. The number of phenolic OH excluding ortho intramolecular Hbond substituents is 1. The summed E-state index contributed by atoms with van der Waals surface area (Å²) < 4.78 is 5.27. The van der Waals surface area contributed by atoms with Crippen LogP contribution in [-0.2, 0) is 13.0 Å². The number of methoxy groups -OCH3 is 1. The highest BCUT2D eigenvalue weighted by molar-refractivity contribution is 5.85. The minimum Gasteiger partial charge on any atom is -0.504 e. The number of ether oxygens (including phenoxy) is 1. The van der Waals surface area contributed by atoms with E-state index in [1.807, 2.05) is 12.1 Å². The van der Waals surface area contributed by atoms with Crippen molar-refractivity contribution in [1.29, 1.82) is 0 Å². The lowest BCUT2D eigenvalue weighted by atomic mass is 10.0. The van der Waals surface area contributed by atoms with Crippen LogP contribution in [0.4, 0.5) is 0 Å². The second-order valence-corrected chi connectivity index (χ2v) is 5.39. The van der Waals surface area contributed by atoms with Crippen LogP contribution in [0, 0.1) is 0 Å². The fourth-order valence-corrected chi connectivity index (χ4v) is 2.70. The first-order valence-corrected chi connectivity index (χ1v) is 7.09. The van der Waals surface area contributed by atoms with Crippen LogP contribution >= 0.6 is 12.4 Å². The molecule has 0 unspecified atom stereocenters. The smallest absolute Gasteiger partial charge is 0.161 e. The van der Waals surface area contributed by atoms with E-state index in [0.29, 0.717) is 18.2 Å². The van der Waals surface area contributed by atoms with Crippen LogP contribution in [0.5, 0.6) is 11.5 Å². The van der Waals surface area contributed by atoms with Crippen LogP contribution < -0.4 is 10.1 Å². The molecule has 0 saturated carbocycles. The summed E-state index contributed by atoms with van der Waals surface area (Å²) in [7, 11) is 1.59. The fourth-order valence-electron chi connectivity index (χ4n) is 2.70. The van der Waals surface area contributed by atoms with Gasteiger partial charge in [-0.05, 0) is 25.0 Å². The first-order chi connectivity index (χ1) is 9.63. The molecule has 0 aromatic heterocycles. The zero-order valence-corrected chi connectivity index (χ0v) is 13.6. The predicted octanol–water partition coefficient (Wildman–Crippen LogP) is 2.34. The largest absolute Gasteiger partial charge is 0.504 e. The number of hydrogen-bond acceptors (Lipinski definition) is 4. The van der Waals surface area contributed by atoms with Gasteiger partial charge in [0.2, 0.25) is 0 Å². The molecule has 0 amide bonds. The van der Waals surface area contributed by atoms with E-state index in [2.05, 4.69) is 23.7 Å². The molecule has 118 valence electrons. The second-order valence-electron chi connectivity index (χ2n) is 5.39. The van der Waals surface area contributed by atoms with Gasteiger partial charge < -0.3 is 15.2 Å². The average Bonchev–Trinajstić information content (AvgIpc) is 2.42. The van der Waals surface area contributed by atoms with Gasteiger partial charge in [0.15, 0.2) is 11.5 Å². The molecule has 1 aromatic rings. The molecule has 5 heteroatoms. The van der Waals surface area contributed by atoms with Crippen molar-refractivity contribution in [1.82, 2.24) is 10.2 Å². The Morgan fingerprint density at radius 2 is 2.29 bits per heavy atom. The summed E-state index contributed by atoms with van der Waals surface area (Å²) in [5.41, 5.74) is 2.04. The van der Waals surface area contributed by atoms with Gasteiger partial charge in [0, 0.05) is 37.8 Å². The van der Waals surface area contributed by atoms with Crippen LogP contribution in [0.2, 0.25) is 0 Å². The van der Waals surface area contributed by atoms with Crippen LogP contribution in [0.3, 0.4) is 0 Å². The number of benzene rings is 1. The number of phenols is 1. The highest BCUT2D eigenvalue weighted by Crippen LogP contribution is 2.32. The Morgan fingerprint density at radius 1 is 1.52 bits per heavy atom. The van der Waals surface area contributed by atoms with Crippen molar-refractivity contribution >= 4 is 12.4 Å². The van der Waals surface area contributed by atoms with Crippen LogP contribution in [0.1, 0.15) is 18.1 Å². The van der Waals surface area contributed by atoms with Crippen molar-refractivity contribution in [2.75, 3.05) is 26.7 Å². The maximum atomic E-state index is 10.1. The van der Waals surface area contributed by atoms with E-state index in [1.165, 1.54) is 5.56 Å². The van der Waals surface area contributed by atoms with Gasteiger partial charge in [-0.2, -0.15) is 0 Å². The van der Waals surface area contributed by atoms with E-state index in [9.17, 15) is 5.11 Å². The second kappa shape index (κ2) is 8.27. The molecule has 0 aliphatic carbocycles. The maximum absolute atomic E-state index is 10.1. The van der Waals surface area contributed by atoms with E-state index in [0.717, 1.165) is 31.7 Å². The Bertz CT molecular complexity index is 480. The third-order valence-electron chi connectivity index (χ3n) is 3.66. The van der Waals surface area contributed by atoms with E-state index in [1.54, 1.807) is 13.2 Å². The summed E-state index contributed by atoms with van der Waals surface area (Å²) in [5, 5.41) is 13.5. The fraction of sp³-hybridized carbons (Fsp3) is 0.500. The summed E-state index contributed by atoms with van der Waals surface area (Å²) in [4.78, 5) is 2.42. The minimum absolute atomic E-state index is 0. The number of piperazine rings is 1. The molecule has 0 radical (unpaired) electrons. The van der Waals surface area contributed by atoms with Crippen molar-refractivity contribution in [3.05, 3.63) is 35.9 Å². The highest BCUT2D eigenvalue weighted by atomic mass is 35.5. The van der Waals surface area contributed by atoms with E-state index in [4.69, 9.17) is 4.74 Å². The van der Waals surface area contributed by atoms with Gasteiger partial charge >= 0.3 is 0 Å². The summed E-state index contributed by atoms with van der Waals surface area (Å²) in [6.45, 7) is 9.93. The number of rotatable bonds is 5. The minimum atomic E-state index is 0. The average molecular weight is 313 g/mol. The Morgan fingerprint density at radius 3 is 2.90 bits per heavy atom. The number of allylic oxidation sites excluding steroid dienone is 1. The Balaban J connectivity index is 0.00000220. The summed E-state index contributed by atoms with van der Waals surface area (Å²) in [6, 6.07) is 4.50. The number of nitrogens with zero attached hydrogens (tertiary/aromatic N) is 1. The van der Waals surface area contributed by atoms with Crippen molar-refractivity contribution in [2.45, 2.75) is 25.9 Å². The summed E-state index contributed by atoms with van der Waals surface area (Å²) in [5.74, 6) is 0.771. The van der Waals surface area contributed by atoms with E-state index in [-0.39, 0.29) is 18.2 Å². The molecule has 1 aliphatic rings. The molecule has 1 atom stereocenters. The van der Waals surface area contributed by atoms with Gasteiger partial charge in [-0.15, -0.1) is 19.0 Å². The molecule has 4 nitrogen and oxygen atoms in total.